The van der Waals surface area contributed by atoms with Gasteiger partial charge in [-0.2, -0.15) is 0 Å². The average molecular weight is 322 g/mol. The minimum atomic E-state index is 0.129. The Morgan fingerprint density at radius 1 is 1.21 bits per heavy atom. The van der Waals surface area contributed by atoms with Gasteiger partial charge in [0.15, 0.2) is 5.43 Å². The van der Waals surface area contributed by atoms with Crippen molar-refractivity contribution < 1.29 is 4.74 Å². The zero-order valence-corrected chi connectivity index (χ0v) is 12.5. The van der Waals surface area contributed by atoms with E-state index in [9.17, 15) is 4.79 Å². The molecule has 3 rings (SSSR count). The van der Waals surface area contributed by atoms with Gasteiger partial charge in [-0.05, 0) is 53.7 Å². The largest absolute Gasteiger partial charge is 0.496 e. The Hall–Kier alpha value is -1.29. The molecule has 100 valence electrons. The Kier molecular flexibility index (Phi) is 3.35. The van der Waals surface area contributed by atoms with Crippen LogP contribution in [0.15, 0.2) is 21.4 Å². The molecule has 3 nitrogen and oxygen atoms in total. The van der Waals surface area contributed by atoms with E-state index < -0.39 is 0 Å². The number of ether oxygens (including phenoxy) is 1. The van der Waals surface area contributed by atoms with Gasteiger partial charge in [0.2, 0.25) is 0 Å². The van der Waals surface area contributed by atoms with Gasteiger partial charge in [0.25, 0.3) is 0 Å². The van der Waals surface area contributed by atoms with Crippen molar-refractivity contribution >= 4 is 26.8 Å². The van der Waals surface area contributed by atoms with Crippen molar-refractivity contribution in [2.75, 3.05) is 7.11 Å². The van der Waals surface area contributed by atoms with E-state index in [0.717, 1.165) is 46.9 Å². The predicted molar refractivity (Wildman–Crippen MR) is 80.1 cm³/mol. The highest BCUT2D eigenvalue weighted by Gasteiger charge is 2.18. The lowest BCUT2D eigenvalue weighted by Gasteiger charge is -2.12. The fourth-order valence-electron chi connectivity index (χ4n) is 2.85. The molecule has 0 saturated heterocycles. The summed E-state index contributed by atoms with van der Waals surface area (Å²) in [6.45, 7) is 0. The molecule has 4 heteroatoms. The number of hydrogen-bond donors (Lipinski definition) is 1. The molecule has 1 heterocycles. The lowest BCUT2D eigenvalue weighted by atomic mass is 10.0. The predicted octanol–water partition coefficient (Wildman–Crippen LogP) is 3.57. The van der Waals surface area contributed by atoms with Gasteiger partial charge in [-0.3, -0.25) is 4.79 Å². The van der Waals surface area contributed by atoms with Gasteiger partial charge in [-0.15, -0.1) is 0 Å². The highest BCUT2D eigenvalue weighted by Crippen LogP contribution is 2.30. The summed E-state index contributed by atoms with van der Waals surface area (Å²) in [6.07, 6.45) is 5.27. The van der Waals surface area contributed by atoms with Crippen LogP contribution in [0, 0.1) is 0 Å². The maximum atomic E-state index is 12.7. The van der Waals surface area contributed by atoms with E-state index in [1.807, 2.05) is 12.1 Å². The number of aromatic nitrogens is 1. The lowest BCUT2D eigenvalue weighted by molar-refractivity contribution is 0.419. The first kappa shape index (κ1) is 12.7. The normalized spacial score (nSPS) is 15.1. The van der Waals surface area contributed by atoms with E-state index in [1.54, 1.807) is 7.11 Å². The van der Waals surface area contributed by atoms with Gasteiger partial charge in [-0.25, -0.2) is 0 Å². The Bertz CT molecular complexity index is 691. The summed E-state index contributed by atoms with van der Waals surface area (Å²) in [5.41, 5.74) is 3.03. The molecule has 0 unspecified atom stereocenters. The number of aromatic amines is 1. The minimum absolute atomic E-state index is 0.129. The molecule has 1 aromatic carbocycles. The Labute approximate surface area is 120 Å². The number of methoxy groups -OCH3 is 1. The highest BCUT2D eigenvalue weighted by atomic mass is 79.9. The van der Waals surface area contributed by atoms with E-state index in [-0.39, 0.29) is 5.43 Å². The van der Waals surface area contributed by atoms with Gasteiger partial charge in [0.05, 0.1) is 18.0 Å². The molecule has 0 amide bonds. The number of hydrogen-bond acceptors (Lipinski definition) is 2. The molecule has 1 aromatic heterocycles. The van der Waals surface area contributed by atoms with E-state index in [1.165, 1.54) is 6.42 Å². The fourth-order valence-corrected chi connectivity index (χ4v) is 3.28. The molecule has 1 aliphatic carbocycles. The molecule has 1 N–H and O–H groups in total. The molecular weight excluding hydrogens is 306 g/mol. The maximum absolute atomic E-state index is 12.7. The van der Waals surface area contributed by atoms with E-state index in [4.69, 9.17) is 4.74 Å². The van der Waals surface area contributed by atoms with Crippen LogP contribution in [-0.4, -0.2) is 12.1 Å². The summed E-state index contributed by atoms with van der Waals surface area (Å²) in [6, 6.07) is 3.75. The Morgan fingerprint density at radius 2 is 2.00 bits per heavy atom. The molecule has 19 heavy (non-hydrogen) atoms. The Morgan fingerprint density at radius 3 is 2.79 bits per heavy atom. The molecule has 0 aliphatic heterocycles. The molecule has 1 aliphatic rings. The summed E-state index contributed by atoms with van der Waals surface area (Å²) >= 11 is 3.52. The summed E-state index contributed by atoms with van der Waals surface area (Å²) in [7, 11) is 1.60. The van der Waals surface area contributed by atoms with Crippen LogP contribution in [0.25, 0.3) is 10.9 Å². The SMILES string of the molecule is COc1ccc(Br)c2[nH]c3c(c(=O)c12)CCCCC3. The van der Waals surface area contributed by atoms with Crippen molar-refractivity contribution in [3.63, 3.8) is 0 Å². The summed E-state index contributed by atoms with van der Waals surface area (Å²) < 4.78 is 6.25. The van der Waals surface area contributed by atoms with Crippen molar-refractivity contribution in [2.45, 2.75) is 32.1 Å². The van der Waals surface area contributed by atoms with Crippen LogP contribution in [0.2, 0.25) is 0 Å². The van der Waals surface area contributed by atoms with E-state index in [2.05, 4.69) is 20.9 Å². The number of aryl methyl sites for hydroxylation is 1. The summed E-state index contributed by atoms with van der Waals surface area (Å²) in [5, 5.41) is 0.664. The van der Waals surface area contributed by atoms with Crippen LogP contribution in [0.3, 0.4) is 0 Å². The summed E-state index contributed by atoms with van der Waals surface area (Å²) in [5.74, 6) is 0.645. The van der Waals surface area contributed by atoms with Gasteiger partial charge < -0.3 is 9.72 Å². The number of H-pyrrole nitrogens is 1. The molecular formula is C15H16BrNO2. The number of fused-ring (bicyclic) bond motifs is 2. The third kappa shape index (κ3) is 2.08. The smallest absolute Gasteiger partial charge is 0.196 e. The zero-order chi connectivity index (χ0) is 13.4. The van der Waals surface area contributed by atoms with Crippen molar-refractivity contribution in [3.05, 3.63) is 38.1 Å². The average Bonchev–Trinajstić information content (AvgIpc) is 2.66. The standard InChI is InChI=1S/C15H16BrNO2/c1-19-12-8-7-10(16)14-13(12)15(18)9-5-3-2-4-6-11(9)17-14/h7-8H,2-6H2,1H3,(H,17,18). The molecule has 0 radical (unpaired) electrons. The van der Waals surface area contributed by atoms with E-state index >= 15 is 0 Å². The van der Waals surface area contributed by atoms with E-state index in [0.29, 0.717) is 11.1 Å². The van der Waals surface area contributed by atoms with Gasteiger partial charge in [0.1, 0.15) is 5.75 Å². The Balaban J connectivity index is 2.40. The second-order valence-corrected chi connectivity index (χ2v) is 5.83. The topological polar surface area (TPSA) is 42.1 Å². The number of benzene rings is 1. The van der Waals surface area contributed by atoms with Crippen LogP contribution in [0.4, 0.5) is 0 Å². The fraction of sp³-hybridized carbons (Fsp3) is 0.400. The lowest BCUT2D eigenvalue weighted by Crippen LogP contribution is -2.15. The number of halogens is 1. The highest BCUT2D eigenvalue weighted by molar-refractivity contribution is 9.10. The molecule has 0 bridgehead atoms. The zero-order valence-electron chi connectivity index (χ0n) is 10.9. The second-order valence-electron chi connectivity index (χ2n) is 4.97. The van der Waals surface area contributed by atoms with Crippen LogP contribution < -0.4 is 10.2 Å². The van der Waals surface area contributed by atoms with Gasteiger partial charge >= 0.3 is 0 Å². The van der Waals surface area contributed by atoms with Crippen LogP contribution in [0.5, 0.6) is 5.75 Å². The first-order chi connectivity index (χ1) is 9.22. The molecule has 2 aromatic rings. The third-order valence-corrected chi connectivity index (χ3v) is 4.49. The van der Waals surface area contributed by atoms with Crippen molar-refractivity contribution in [3.8, 4) is 5.75 Å². The summed E-state index contributed by atoms with van der Waals surface area (Å²) in [4.78, 5) is 16.2. The molecule has 0 spiro atoms. The molecule has 0 saturated carbocycles. The monoisotopic (exact) mass is 321 g/mol. The van der Waals surface area contributed by atoms with Crippen LogP contribution in [0.1, 0.15) is 30.5 Å². The minimum Gasteiger partial charge on any atom is -0.496 e. The maximum Gasteiger partial charge on any atom is 0.196 e. The third-order valence-electron chi connectivity index (χ3n) is 3.83. The second kappa shape index (κ2) is 5.00. The van der Waals surface area contributed by atoms with Crippen LogP contribution in [-0.2, 0) is 12.8 Å². The molecule has 0 atom stereocenters. The van der Waals surface area contributed by atoms with Gasteiger partial charge in [0, 0.05) is 15.7 Å². The molecule has 0 fully saturated rings. The number of nitrogens with one attached hydrogen (secondary N) is 1. The number of pyridine rings is 1. The van der Waals surface area contributed by atoms with Crippen LogP contribution >= 0.6 is 15.9 Å². The van der Waals surface area contributed by atoms with Gasteiger partial charge in [-0.1, -0.05) is 6.42 Å². The first-order valence-corrected chi connectivity index (χ1v) is 7.42. The number of rotatable bonds is 1. The van der Waals surface area contributed by atoms with Crippen molar-refractivity contribution in [1.29, 1.82) is 0 Å². The van der Waals surface area contributed by atoms with Crippen molar-refractivity contribution in [2.24, 2.45) is 0 Å². The first-order valence-electron chi connectivity index (χ1n) is 6.62. The van der Waals surface area contributed by atoms with Crippen molar-refractivity contribution in [1.82, 2.24) is 4.98 Å². The quantitative estimate of drug-likeness (QED) is 0.816.